The average Bonchev–Trinajstić information content (AvgIpc) is 3.05. The highest BCUT2D eigenvalue weighted by Gasteiger charge is 2.17. The van der Waals surface area contributed by atoms with E-state index < -0.39 is 10.0 Å². The lowest BCUT2D eigenvalue weighted by molar-refractivity contribution is 0.0741. The number of benzene rings is 1. The first kappa shape index (κ1) is 16.3. The molecule has 0 atom stereocenters. The van der Waals surface area contributed by atoms with Gasteiger partial charge in [0.25, 0.3) is 5.91 Å². The lowest BCUT2D eigenvalue weighted by atomic mass is 10.2. The summed E-state index contributed by atoms with van der Waals surface area (Å²) >= 11 is 0. The summed E-state index contributed by atoms with van der Waals surface area (Å²) in [6.07, 6.45) is 1.56. The summed E-state index contributed by atoms with van der Waals surface area (Å²) in [5, 5.41) is 0. The first-order chi connectivity index (χ1) is 10.5. The molecule has 22 heavy (non-hydrogen) atoms. The van der Waals surface area contributed by atoms with E-state index in [0.717, 1.165) is 0 Å². The highest BCUT2D eigenvalue weighted by Crippen LogP contribution is 2.14. The molecular formula is C15H18N2O4S. The number of rotatable bonds is 6. The normalized spacial score (nSPS) is 11.4. The smallest absolute Gasteiger partial charge is 0.254 e. The zero-order valence-electron chi connectivity index (χ0n) is 12.4. The molecule has 1 aromatic heterocycles. The van der Waals surface area contributed by atoms with Crippen molar-refractivity contribution in [2.45, 2.75) is 18.4 Å². The van der Waals surface area contributed by atoms with E-state index in [1.54, 1.807) is 23.3 Å². The van der Waals surface area contributed by atoms with Crippen LogP contribution in [0.2, 0.25) is 0 Å². The van der Waals surface area contributed by atoms with E-state index in [2.05, 4.69) is 4.72 Å². The second kappa shape index (κ2) is 6.76. The SMILES string of the molecule is CCN(Cc1ccco1)C(=O)c1ccc(S(=O)(=O)NC)cc1. The van der Waals surface area contributed by atoms with Gasteiger partial charge in [0.05, 0.1) is 17.7 Å². The molecule has 118 valence electrons. The predicted molar refractivity (Wildman–Crippen MR) is 81.8 cm³/mol. The summed E-state index contributed by atoms with van der Waals surface area (Å²) < 4.78 is 30.8. The standard InChI is InChI=1S/C15H18N2O4S/c1-3-17(11-13-5-4-10-21-13)15(18)12-6-8-14(9-7-12)22(19,20)16-2/h4-10,16H,3,11H2,1-2H3. The number of carbonyl (C=O) groups is 1. The number of hydrogen-bond acceptors (Lipinski definition) is 4. The summed E-state index contributed by atoms with van der Waals surface area (Å²) in [5.41, 5.74) is 0.434. The van der Waals surface area contributed by atoms with Crippen LogP contribution in [0, 0.1) is 0 Å². The molecule has 6 nitrogen and oxygen atoms in total. The molecule has 0 saturated heterocycles. The molecule has 1 heterocycles. The number of sulfonamides is 1. The van der Waals surface area contributed by atoms with Crippen molar-refractivity contribution in [2.24, 2.45) is 0 Å². The fourth-order valence-corrected chi connectivity index (χ4v) is 2.73. The number of amides is 1. The zero-order valence-corrected chi connectivity index (χ0v) is 13.3. The lowest BCUT2D eigenvalue weighted by Gasteiger charge is -2.19. The van der Waals surface area contributed by atoms with Crippen molar-refractivity contribution in [3.63, 3.8) is 0 Å². The minimum absolute atomic E-state index is 0.126. The summed E-state index contributed by atoms with van der Waals surface area (Å²) in [6, 6.07) is 9.43. The largest absolute Gasteiger partial charge is 0.467 e. The average molecular weight is 322 g/mol. The van der Waals surface area contributed by atoms with E-state index in [0.29, 0.717) is 24.4 Å². The van der Waals surface area contributed by atoms with E-state index in [1.807, 2.05) is 6.92 Å². The highest BCUT2D eigenvalue weighted by molar-refractivity contribution is 7.89. The van der Waals surface area contributed by atoms with Crippen molar-refractivity contribution < 1.29 is 17.6 Å². The summed E-state index contributed by atoms with van der Waals surface area (Å²) in [5.74, 6) is 0.525. The van der Waals surface area contributed by atoms with Crippen LogP contribution in [0.1, 0.15) is 23.0 Å². The molecule has 0 aliphatic carbocycles. The van der Waals surface area contributed by atoms with Crippen LogP contribution in [0.5, 0.6) is 0 Å². The van der Waals surface area contributed by atoms with E-state index in [9.17, 15) is 13.2 Å². The molecular weight excluding hydrogens is 304 g/mol. The first-order valence-electron chi connectivity index (χ1n) is 6.83. The zero-order chi connectivity index (χ0) is 16.2. The van der Waals surface area contributed by atoms with Gasteiger partial charge in [0.15, 0.2) is 0 Å². The van der Waals surface area contributed by atoms with E-state index in [1.165, 1.54) is 31.3 Å². The Kier molecular flexibility index (Phi) is 4.99. The van der Waals surface area contributed by atoms with E-state index >= 15 is 0 Å². The summed E-state index contributed by atoms with van der Waals surface area (Å²) in [6.45, 7) is 2.77. The molecule has 0 aliphatic rings. The summed E-state index contributed by atoms with van der Waals surface area (Å²) in [7, 11) is -2.15. The minimum atomic E-state index is -3.50. The van der Waals surface area contributed by atoms with Crippen LogP contribution in [0.15, 0.2) is 52.0 Å². The van der Waals surface area contributed by atoms with Gasteiger partial charge in [-0.25, -0.2) is 13.1 Å². The van der Waals surface area contributed by atoms with Crippen LogP contribution >= 0.6 is 0 Å². The third kappa shape index (κ3) is 3.55. The Morgan fingerprint density at radius 3 is 2.41 bits per heavy atom. The second-order valence-corrected chi connectivity index (χ2v) is 6.52. The van der Waals surface area contributed by atoms with Gasteiger partial charge in [-0.05, 0) is 50.4 Å². The monoisotopic (exact) mass is 322 g/mol. The van der Waals surface area contributed by atoms with Crippen LogP contribution < -0.4 is 4.72 Å². The predicted octanol–water partition coefficient (Wildman–Crippen LogP) is 1.85. The minimum Gasteiger partial charge on any atom is -0.467 e. The fourth-order valence-electron chi connectivity index (χ4n) is 1.99. The van der Waals surface area contributed by atoms with Crippen LogP contribution in [0.3, 0.4) is 0 Å². The highest BCUT2D eigenvalue weighted by atomic mass is 32.2. The molecule has 1 amide bonds. The second-order valence-electron chi connectivity index (χ2n) is 4.63. The quantitative estimate of drug-likeness (QED) is 0.880. The van der Waals surface area contributed by atoms with Gasteiger partial charge in [-0.2, -0.15) is 0 Å². The van der Waals surface area contributed by atoms with E-state index in [4.69, 9.17) is 4.42 Å². The molecule has 0 saturated carbocycles. The fraction of sp³-hybridized carbons (Fsp3) is 0.267. The van der Waals surface area contributed by atoms with Crippen molar-refractivity contribution in [3.05, 3.63) is 54.0 Å². The van der Waals surface area contributed by atoms with Crippen LogP contribution in [-0.4, -0.2) is 32.8 Å². The number of carbonyl (C=O) groups excluding carboxylic acids is 1. The first-order valence-corrected chi connectivity index (χ1v) is 8.31. The third-order valence-electron chi connectivity index (χ3n) is 3.28. The molecule has 2 rings (SSSR count). The van der Waals surface area contributed by atoms with Crippen LogP contribution in [-0.2, 0) is 16.6 Å². The Morgan fingerprint density at radius 1 is 1.23 bits per heavy atom. The maximum absolute atomic E-state index is 12.5. The third-order valence-corrected chi connectivity index (χ3v) is 4.71. The van der Waals surface area contributed by atoms with Gasteiger partial charge in [0.1, 0.15) is 5.76 Å². The van der Waals surface area contributed by atoms with Crippen molar-refractivity contribution in [1.29, 1.82) is 0 Å². The van der Waals surface area contributed by atoms with E-state index in [-0.39, 0.29) is 10.8 Å². The van der Waals surface area contributed by atoms with Gasteiger partial charge in [-0.15, -0.1) is 0 Å². The molecule has 0 radical (unpaired) electrons. The Balaban J connectivity index is 2.17. The Morgan fingerprint density at radius 2 is 1.91 bits per heavy atom. The Bertz CT molecular complexity index is 721. The Hall–Kier alpha value is -2.12. The van der Waals surface area contributed by atoms with Crippen LogP contribution in [0.25, 0.3) is 0 Å². The van der Waals surface area contributed by atoms with Gasteiger partial charge >= 0.3 is 0 Å². The summed E-state index contributed by atoms with van der Waals surface area (Å²) in [4.78, 5) is 14.2. The molecule has 1 aromatic carbocycles. The maximum Gasteiger partial charge on any atom is 0.254 e. The van der Waals surface area contributed by atoms with Crippen molar-refractivity contribution in [3.8, 4) is 0 Å². The number of nitrogens with one attached hydrogen (secondary N) is 1. The van der Waals surface area contributed by atoms with Crippen molar-refractivity contribution >= 4 is 15.9 Å². The van der Waals surface area contributed by atoms with Crippen molar-refractivity contribution in [2.75, 3.05) is 13.6 Å². The van der Waals surface area contributed by atoms with Gasteiger partial charge in [-0.3, -0.25) is 4.79 Å². The van der Waals surface area contributed by atoms with Crippen LogP contribution in [0.4, 0.5) is 0 Å². The molecule has 0 aliphatic heterocycles. The maximum atomic E-state index is 12.5. The Labute approximate surface area is 129 Å². The topological polar surface area (TPSA) is 79.6 Å². The molecule has 0 bridgehead atoms. The van der Waals surface area contributed by atoms with Gasteiger partial charge < -0.3 is 9.32 Å². The van der Waals surface area contributed by atoms with Gasteiger partial charge in [0, 0.05) is 12.1 Å². The molecule has 0 fully saturated rings. The molecule has 0 spiro atoms. The van der Waals surface area contributed by atoms with Gasteiger partial charge in [0.2, 0.25) is 10.0 Å². The molecule has 2 aromatic rings. The molecule has 1 N–H and O–H groups in total. The number of nitrogens with zero attached hydrogens (tertiary/aromatic N) is 1. The molecule has 7 heteroatoms. The van der Waals surface area contributed by atoms with Gasteiger partial charge in [-0.1, -0.05) is 0 Å². The van der Waals surface area contributed by atoms with Crippen molar-refractivity contribution in [1.82, 2.24) is 9.62 Å². The molecule has 0 unspecified atom stereocenters. The number of furan rings is 1. The number of hydrogen-bond donors (Lipinski definition) is 1. The lowest BCUT2D eigenvalue weighted by Crippen LogP contribution is -2.30.